The Kier molecular flexibility index (Phi) is 5.95. The highest BCUT2D eigenvalue weighted by Crippen LogP contribution is 2.24. The first-order valence-corrected chi connectivity index (χ1v) is 4.62. The summed E-state index contributed by atoms with van der Waals surface area (Å²) in [6, 6.07) is 5.41. The van der Waals surface area contributed by atoms with Crippen molar-refractivity contribution in [3.05, 3.63) is 28.2 Å². The molecule has 12 heavy (non-hydrogen) atoms. The van der Waals surface area contributed by atoms with Crippen LogP contribution in [-0.4, -0.2) is 7.05 Å². The molecule has 0 aliphatic carbocycles. The van der Waals surface area contributed by atoms with Crippen LogP contribution in [0.1, 0.15) is 13.8 Å². The number of benzene rings is 1. The highest BCUT2D eigenvalue weighted by molar-refractivity contribution is 6.42. The van der Waals surface area contributed by atoms with Gasteiger partial charge in [0, 0.05) is 12.7 Å². The lowest BCUT2D eigenvalue weighted by molar-refractivity contribution is 1.50. The van der Waals surface area contributed by atoms with Crippen LogP contribution < -0.4 is 5.32 Å². The van der Waals surface area contributed by atoms with Crippen LogP contribution in [0.4, 0.5) is 5.69 Å². The quantitative estimate of drug-likeness (QED) is 0.730. The minimum atomic E-state index is 0.577. The molecule has 0 saturated carbocycles. The Hall–Kier alpha value is -0.400. The summed E-state index contributed by atoms with van der Waals surface area (Å²) in [6.45, 7) is 4.00. The molecule has 0 aliphatic rings. The second-order valence-corrected chi connectivity index (χ2v) is 2.69. The first-order chi connectivity index (χ1) is 5.74. The summed E-state index contributed by atoms with van der Waals surface area (Å²) in [6.07, 6.45) is 0. The molecule has 0 amide bonds. The standard InChI is InChI=1S/C7H7Cl2N.C2H6/c1-10-5-2-3-6(8)7(9)4-5;1-2/h2-4,10H,1H3;1-2H3. The van der Waals surface area contributed by atoms with Crippen LogP contribution >= 0.6 is 23.2 Å². The maximum Gasteiger partial charge on any atom is 0.0612 e. The molecule has 1 nitrogen and oxygen atoms in total. The summed E-state index contributed by atoms with van der Waals surface area (Å²) in [5.41, 5.74) is 0.967. The van der Waals surface area contributed by atoms with Gasteiger partial charge in [-0.05, 0) is 18.2 Å². The highest BCUT2D eigenvalue weighted by Gasteiger charge is 1.95. The first-order valence-electron chi connectivity index (χ1n) is 3.87. The molecule has 1 aromatic rings. The lowest BCUT2D eigenvalue weighted by Crippen LogP contribution is -1.86. The monoisotopic (exact) mass is 205 g/mol. The smallest absolute Gasteiger partial charge is 0.0612 e. The van der Waals surface area contributed by atoms with Crippen LogP contribution in [0.2, 0.25) is 10.0 Å². The van der Waals surface area contributed by atoms with Crippen molar-refractivity contribution in [1.82, 2.24) is 0 Å². The van der Waals surface area contributed by atoms with E-state index >= 15 is 0 Å². The lowest BCUT2D eigenvalue weighted by Gasteiger charge is -2.00. The van der Waals surface area contributed by atoms with Crippen molar-refractivity contribution in [1.29, 1.82) is 0 Å². The fourth-order valence-corrected chi connectivity index (χ4v) is 0.950. The van der Waals surface area contributed by atoms with Gasteiger partial charge in [0.2, 0.25) is 0 Å². The maximum atomic E-state index is 5.72. The van der Waals surface area contributed by atoms with Gasteiger partial charge < -0.3 is 5.32 Å². The number of halogens is 2. The average Bonchev–Trinajstić information content (AvgIpc) is 2.13. The Bertz CT molecular complexity index is 236. The van der Waals surface area contributed by atoms with Crippen molar-refractivity contribution in [2.45, 2.75) is 13.8 Å². The largest absolute Gasteiger partial charge is 0.388 e. The predicted molar refractivity (Wildman–Crippen MR) is 57.4 cm³/mol. The Morgan fingerprint density at radius 3 is 2.08 bits per heavy atom. The molecule has 1 aromatic carbocycles. The van der Waals surface area contributed by atoms with Gasteiger partial charge in [-0.1, -0.05) is 37.0 Å². The summed E-state index contributed by atoms with van der Waals surface area (Å²) in [4.78, 5) is 0. The van der Waals surface area contributed by atoms with Crippen LogP contribution in [0.5, 0.6) is 0 Å². The topological polar surface area (TPSA) is 12.0 Å². The van der Waals surface area contributed by atoms with E-state index in [4.69, 9.17) is 23.2 Å². The van der Waals surface area contributed by atoms with Gasteiger partial charge in [0.05, 0.1) is 10.0 Å². The summed E-state index contributed by atoms with van der Waals surface area (Å²) in [5.74, 6) is 0. The third kappa shape index (κ3) is 3.33. The fourth-order valence-electron chi connectivity index (χ4n) is 0.652. The van der Waals surface area contributed by atoms with E-state index in [1.54, 1.807) is 12.1 Å². The van der Waals surface area contributed by atoms with E-state index < -0.39 is 0 Å². The fraction of sp³-hybridized carbons (Fsp3) is 0.333. The van der Waals surface area contributed by atoms with Crippen molar-refractivity contribution in [3.63, 3.8) is 0 Å². The predicted octanol–water partition coefficient (Wildman–Crippen LogP) is 4.06. The number of rotatable bonds is 1. The second kappa shape index (κ2) is 6.15. The van der Waals surface area contributed by atoms with Crippen molar-refractivity contribution in [2.75, 3.05) is 12.4 Å². The van der Waals surface area contributed by atoms with E-state index in [2.05, 4.69) is 5.32 Å². The number of anilines is 1. The Morgan fingerprint density at radius 1 is 1.08 bits per heavy atom. The van der Waals surface area contributed by atoms with Gasteiger partial charge in [-0.25, -0.2) is 0 Å². The molecule has 3 heteroatoms. The van der Waals surface area contributed by atoms with Crippen molar-refractivity contribution in [2.24, 2.45) is 0 Å². The van der Waals surface area contributed by atoms with Gasteiger partial charge in [0.1, 0.15) is 0 Å². The van der Waals surface area contributed by atoms with Crippen LogP contribution in [-0.2, 0) is 0 Å². The number of hydrogen-bond acceptors (Lipinski definition) is 1. The third-order valence-corrected chi connectivity index (χ3v) is 1.95. The summed E-state index contributed by atoms with van der Waals surface area (Å²) in [5, 5.41) is 4.11. The van der Waals surface area contributed by atoms with Crippen LogP contribution in [0.15, 0.2) is 18.2 Å². The Balaban J connectivity index is 0.000000561. The summed E-state index contributed by atoms with van der Waals surface area (Å²) in [7, 11) is 1.83. The Morgan fingerprint density at radius 2 is 1.67 bits per heavy atom. The summed E-state index contributed by atoms with van der Waals surface area (Å²) < 4.78 is 0. The zero-order valence-electron chi connectivity index (χ0n) is 7.49. The molecular formula is C9H13Cl2N. The van der Waals surface area contributed by atoms with Crippen molar-refractivity contribution in [3.8, 4) is 0 Å². The minimum absolute atomic E-state index is 0.577. The van der Waals surface area contributed by atoms with E-state index in [-0.39, 0.29) is 0 Å². The Labute approximate surface area is 83.7 Å². The lowest BCUT2D eigenvalue weighted by atomic mass is 10.3. The molecule has 0 fully saturated rings. The molecule has 68 valence electrons. The molecule has 0 aliphatic heterocycles. The van der Waals surface area contributed by atoms with Crippen molar-refractivity contribution >= 4 is 28.9 Å². The average molecular weight is 206 g/mol. The highest BCUT2D eigenvalue weighted by atomic mass is 35.5. The van der Waals surface area contributed by atoms with Gasteiger partial charge in [-0.2, -0.15) is 0 Å². The van der Waals surface area contributed by atoms with Crippen LogP contribution in [0.25, 0.3) is 0 Å². The van der Waals surface area contributed by atoms with Gasteiger partial charge in [-0.15, -0.1) is 0 Å². The van der Waals surface area contributed by atoms with E-state index in [0.29, 0.717) is 10.0 Å². The molecule has 0 bridgehead atoms. The normalized spacial score (nSPS) is 8.42. The van der Waals surface area contributed by atoms with Gasteiger partial charge >= 0.3 is 0 Å². The molecule has 1 N–H and O–H groups in total. The summed E-state index contributed by atoms with van der Waals surface area (Å²) >= 11 is 11.4. The zero-order valence-corrected chi connectivity index (χ0v) is 9.00. The van der Waals surface area contributed by atoms with E-state index in [1.807, 2.05) is 27.0 Å². The molecule has 0 unspecified atom stereocenters. The molecule has 1 rings (SSSR count). The molecule has 0 saturated heterocycles. The maximum absolute atomic E-state index is 5.72. The van der Waals surface area contributed by atoms with Gasteiger partial charge in [-0.3, -0.25) is 0 Å². The molecular weight excluding hydrogens is 193 g/mol. The van der Waals surface area contributed by atoms with Crippen LogP contribution in [0, 0.1) is 0 Å². The molecule has 0 aromatic heterocycles. The van der Waals surface area contributed by atoms with Gasteiger partial charge in [0.15, 0.2) is 0 Å². The SMILES string of the molecule is CC.CNc1ccc(Cl)c(Cl)c1. The van der Waals surface area contributed by atoms with Crippen molar-refractivity contribution < 1.29 is 0 Å². The zero-order chi connectivity index (χ0) is 9.56. The molecule has 0 radical (unpaired) electrons. The van der Waals surface area contributed by atoms with Crippen LogP contribution in [0.3, 0.4) is 0 Å². The number of nitrogens with one attached hydrogen (secondary N) is 1. The number of hydrogen-bond donors (Lipinski definition) is 1. The van der Waals surface area contributed by atoms with E-state index in [0.717, 1.165) is 5.69 Å². The molecule has 0 heterocycles. The molecule has 0 atom stereocenters. The second-order valence-electron chi connectivity index (χ2n) is 1.88. The first kappa shape index (κ1) is 11.6. The third-order valence-electron chi connectivity index (χ3n) is 1.21. The van der Waals surface area contributed by atoms with Gasteiger partial charge in [0.25, 0.3) is 0 Å². The van der Waals surface area contributed by atoms with E-state index in [1.165, 1.54) is 0 Å². The minimum Gasteiger partial charge on any atom is -0.388 e. The van der Waals surface area contributed by atoms with E-state index in [9.17, 15) is 0 Å². The molecule has 0 spiro atoms.